The standard InChI is InChI=1S/C15H14ClFN2O4/c16-9-5-6-10(11(12(9)17)13(18)20)19-14(21)7-3-1-2-4-8(7)15(22)23/h5-6H,1-4H2,(H2,18,20)(H,19,21)(H,22,23). The maximum Gasteiger partial charge on any atom is 0.332 e. The van der Waals surface area contributed by atoms with Crippen LogP contribution in [0.3, 0.4) is 0 Å². The molecule has 6 nitrogen and oxygen atoms in total. The maximum absolute atomic E-state index is 13.9. The number of primary amides is 1. The van der Waals surface area contributed by atoms with Crippen LogP contribution in [0, 0.1) is 5.82 Å². The third kappa shape index (κ3) is 3.50. The number of benzene rings is 1. The molecule has 1 aromatic rings. The highest BCUT2D eigenvalue weighted by molar-refractivity contribution is 6.31. The first-order valence-electron chi connectivity index (χ1n) is 6.87. The Morgan fingerprint density at radius 2 is 1.78 bits per heavy atom. The molecule has 0 unspecified atom stereocenters. The SMILES string of the molecule is NC(=O)c1c(NC(=O)C2=C(C(=O)O)CCCC2)ccc(Cl)c1F. The molecule has 0 radical (unpaired) electrons. The van der Waals surface area contributed by atoms with Crippen LogP contribution in [0.1, 0.15) is 36.0 Å². The lowest BCUT2D eigenvalue weighted by atomic mass is 9.91. The molecule has 0 heterocycles. The van der Waals surface area contributed by atoms with Gasteiger partial charge in [-0.2, -0.15) is 0 Å². The summed E-state index contributed by atoms with van der Waals surface area (Å²) in [4.78, 5) is 34.9. The van der Waals surface area contributed by atoms with Gasteiger partial charge in [-0.1, -0.05) is 11.6 Å². The number of hydrogen-bond donors (Lipinski definition) is 3. The second-order valence-electron chi connectivity index (χ2n) is 5.07. The number of amides is 2. The molecule has 0 saturated heterocycles. The van der Waals surface area contributed by atoms with Crippen molar-refractivity contribution in [3.8, 4) is 0 Å². The number of carboxylic acid groups (broad SMARTS) is 1. The highest BCUT2D eigenvalue weighted by Crippen LogP contribution is 2.29. The smallest absolute Gasteiger partial charge is 0.332 e. The van der Waals surface area contributed by atoms with Gasteiger partial charge in [-0.05, 0) is 37.8 Å². The first kappa shape index (κ1) is 17.0. The van der Waals surface area contributed by atoms with Crippen molar-refractivity contribution in [1.29, 1.82) is 0 Å². The van der Waals surface area contributed by atoms with Crippen LogP contribution in [-0.4, -0.2) is 22.9 Å². The van der Waals surface area contributed by atoms with Gasteiger partial charge in [0.15, 0.2) is 5.82 Å². The molecular formula is C15H14ClFN2O4. The number of rotatable bonds is 4. The molecule has 2 rings (SSSR count). The number of carboxylic acids is 1. The lowest BCUT2D eigenvalue weighted by Gasteiger charge is -2.18. The van der Waals surface area contributed by atoms with Gasteiger partial charge in [0.2, 0.25) is 0 Å². The van der Waals surface area contributed by atoms with Crippen LogP contribution in [0.15, 0.2) is 23.3 Å². The van der Waals surface area contributed by atoms with E-state index in [4.69, 9.17) is 22.4 Å². The first-order chi connectivity index (χ1) is 10.8. The van der Waals surface area contributed by atoms with Crippen LogP contribution < -0.4 is 11.1 Å². The van der Waals surface area contributed by atoms with E-state index in [1.165, 1.54) is 12.1 Å². The Balaban J connectivity index is 2.39. The normalized spacial score (nSPS) is 14.5. The van der Waals surface area contributed by atoms with E-state index in [-0.39, 0.29) is 28.3 Å². The second kappa shape index (κ2) is 6.78. The summed E-state index contributed by atoms with van der Waals surface area (Å²) >= 11 is 5.60. The third-order valence-electron chi connectivity index (χ3n) is 3.59. The van der Waals surface area contributed by atoms with Crippen LogP contribution in [0.5, 0.6) is 0 Å². The summed E-state index contributed by atoms with van der Waals surface area (Å²) in [7, 11) is 0. The number of nitrogens with one attached hydrogen (secondary N) is 1. The molecule has 122 valence electrons. The van der Waals surface area contributed by atoms with Crippen molar-refractivity contribution < 1.29 is 23.9 Å². The summed E-state index contributed by atoms with van der Waals surface area (Å²) in [6.07, 6.45) is 1.95. The molecule has 1 aliphatic rings. The van der Waals surface area contributed by atoms with Gasteiger partial charge in [-0.25, -0.2) is 9.18 Å². The van der Waals surface area contributed by atoms with E-state index in [2.05, 4.69) is 5.32 Å². The first-order valence-corrected chi connectivity index (χ1v) is 7.25. The van der Waals surface area contributed by atoms with Crippen LogP contribution in [0.4, 0.5) is 10.1 Å². The lowest BCUT2D eigenvalue weighted by Crippen LogP contribution is -2.24. The minimum Gasteiger partial charge on any atom is -0.478 e. The number of halogens is 2. The van der Waals surface area contributed by atoms with Crippen LogP contribution in [-0.2, 0) is 9.59 Å². The van der Waals surface area contributed by atoms with Gasteiger partial charge < -0.3 is 16.2 Å². The summed E-state index contributed by atoms with van der Waals surface area (Å²) < 4.78 is 13.9. The van der Waals surface area contributed by atoms with Crippen molar-refractivity contribution in [3.63, 3.8) is 0 Å². The molecule has 0 atom stereocenters. The average Bonchev–Trinajstić information content (AvgIpc) is 2.50. The Morgan fingerprint density at radius 3 is 2.35 bits per heavy atom. The number of nitrogens with two attached hydrogens (primary N) is 1. The van der Waals surface area contributed by atoms with Gasteiger partial charge in [-0.15, -0.1) is 0 Å². The van der Waals surface area contributed by atoms with Gasteiger partial charge in [0.25, 0.3) is 11.8 Å². The van der Waals surface area contributed by atoms with E-state index in [0.717, 1.165) is 0 Å². The summed E-state index contributed by atoms with van der Waals surface area (Å²) in [5.41, 5.74) is 4.58. The Kier molecular flexibility index (Phi) is 5.00. The van der Waals surface area contributed by atoms with Gasteiger partial charge in [0, 0.05) is 11.1 Å². The molecule has 1 aliphatic carbocycles. The Hall–Kier alpha value is -2.41. The zero-order valence-electron chi connectivity index (χ0n) is 12.0. The maximum atomic E-state index is 13.9. The highest BCUT2D eigenvalue weighted by Gasteiger charge is 2.25. The molecule has 8 heteroatoms. The Morgan fingerprint density at radius 1 is 1.17 bits per heavy atom. The molecule has 4 N–H and O–H groups in total. The summed E-state index contributed by atoms with van der Waals surface area (Å²) in [5, 5.41) is 11.2. The van der Waals surface area contributed by atoms with Gasteiger partial charge in [0.05, 0.1) is 16.3 Å². The fourth-order valence-corrected chi connectivity index (χ4v) is 2.64. The van der Waals surface area contributed by atoms with Crippen molar-refractivity contribution in [2.24, 2.45) is 5.73 Å². The lowest BCUT2D eigenvalue weighted by molar-refractivity contribution is -0.133. The molecule has 0 bridgehead atoms. The van der Waals surface area contributed by atoms with Crippen molar-refractivity contribution in [3.05, 3.63) is 39.7 Å². The summed E-state index contributed by atoms with van der Waals surface area (Å²) in [6, 6.07) is 2.42. The van der Waals surface area contributed by atoms with Crippen molar-refractivity contribution in [2.75, 3.05) is 5.32 Å². The minimum absolute atomic E-state index is 0.0313. The molecule has 0 aliphatic heterocycles. The zero-order valence-corrected chi connectivity index (χ0v) is 12.7. The predicted molar refractivity (Wildman–Crippen MR) is 81.7 cm³/mol. The van der Waals surface area contributed by atoms with E-state index in [9.17, 15) is 18.8 Å². The van der Waals surface area contributed by atoms with Crippen molar-refractivity contribution in [2.45, 2.75) is 25.7 Å². The number of carbonyl (C=O) groups is 3. The van der Waals surface area contributed by atoms with Crippen LogP contribution in [0.25, 0.3) is 0 Å². The number of carbonyl (C=O) groups excluding carboxylic acids is 2. The van der Waals surface area contributed by atoms with E-state index in [0.29, 0.717) is 19.3 Å². The van der Waals surface area contributed by atoms with Gasteiger partial charge in [0.1, 0.15) is 0 Å². The van der Waals surface area contributed by atoms with Crippen LogP contribution >= 0.6 is 11.6 Å². The Labute approximate surface area is 136 Å². The molecule has 23 heavy (non-hydrogen) atoms. The summed E-state index contributed by atoms with van der Waals surface area (Å²) in [5.74, 6) is -3.97. The zero-order chi connectivity index (χ0) is 17.1. The van der Waals surface area contributed by atoms with E-state index in [1.54, 1.807) is 0 Å². The van der Waals surface area contributed by atoms with E-state index in [1.807, 2.05) is 0 Å². The topological polar surface area (TPSA) is 109 Å². The van der Waals surface area contributed by atoms with Crippen LogP contribution in [0.2, 0.25) is 5.02 Å². The molecule has 0 fully saturated rings. The second-order valence-corrected chi connectivity index (χ2v) is 5.48. The van der Waals surface area contributed by atoms with Gasteiger partial charge in [-0.3, -0.25) is 9.59 Å². The fraction of sp³-hybridized carbons (Fsp3) is 0.267. The predicted octanol–water partition coefficient (Wildman–Crippen LogP) is 2.47. The molecule has 0 saturated carbocycles. The average molecular weight is 341 g/mol. The number of hydrogen-bond acceptors (Lipinski definition) is 3. The fourth-order valence-electron chi connectivity index (χ4n) is 2.49. The monoisotopic (exact) mass is 340 g/mol. The molecule has 2 amide bonds. The number of anilines is 1. The molecule has 1 aromatic carbocycles. The molecule has 0 spiro atoms. The van der Waals surface area contributed by atoms with E-state index >= 15 is 0 Å². The minimum atomic E-state index is -1.16. The van der Waals surface area contributed by atoms with Crippen molar-refractivity contribution >= 4 is 35.1 Å². The van der Waals surface area contributed by atoms with Crippen molar-refractivity contribution in [1.82, 2.24) is 0 Å². The number of aliphatic carboxylic acids is 1. The van der Waals surface area contributed by atoms with E-state index < -0.39 is 29.2 Å². The Bertz CT molecular complexity index is 730. The highest BCUT2D eigenvalue weighted by atomic mass is 35.5. The largest absolute Gasteiger partial charge is 0.478 e. The quantitative estimate of drug-likeness (QED) is 0.782. The third-order valence-corrected chi connectivity index (χ3v) is 3.88. The molecular weight excluding hydrogens is 327 g/mol. The van der Waals surface area contributed by atoms with Gasteiger partial charge >= 0.3 is 5.97 Å². The summed E-state index contributed by atoms with van der Waals surface area (Å²) in [6.45, 7) is 0. The molecule has 0 aromatic heterocycles.